The Kier molecular flexibility index (Phi) is 5.41. The summed E-state index contributed by atoms with van der Waals surface area (Å²) in [6, 6.07) is 10.6. The van der Waals surface area contributed by atoms with Crippen LogP contribution in [-0.2, 0) is 4.74 Å². The van der Waals surface area contributed by atoms with Gasteiger partial charge in [0.2, 0.25) is 0 Å². The summed E-state index contributed by atoms with van der Waals surface area (Å²) in [5.74, 6) is -1.72. The molecule has 132 valence electrons. The minimum Gasteiger partial charge on any atom is -0.478 e. The summed E-state index contributed by atoms with van der Waals surface area (Å²) in [7, 11) is 0. The van der Waals surface area contributed by atoms with Gasteiger partial charge >= 0.3 is 11.9 Å². The number of benzene rings is 1. The van der Waals surface area contributed by atoms with Crippen molar-refractivity contribution >= 4 is 17.8 Å². The number of nitrogens with zero attached hydrogens (tertiary/aromatic N) is 1. The maximum Gasteiger partial charge on any atom is 0.342 e. The van der Waals surface area contributed by atoms with Crippen molar-refractivity contribution in [1.29, 1.82) is 0 Å². The number of carboxylic acid groups (broad SMARTS) is 1. The quantitative estimate of drug-likeness (QED) is 0.803. The molecule has 0 saturated heterocycles. The molecular formula is C19H22N2O4. The predicted octanol–water partition coefficient (Wildman–Crippen LogP) is 3.83. The molecule has 1 aromatic carbocycles. The van der Waals surface area contributed by atoms with Gasteiger partial charge < -0.3 is 15.2 Å². The van der Waals surface area contributed by atoms with E-state index in [1.165, 1.54) is 6.07 Å². The Balaban J connectivity index is 2.72. The molecule has 6 nitrogen and oxygen atoms in total. The van der Waals surface area contributed by atoms with Crippen molar-refractivity contribution in [3.05, 3.63) is 47.5 Å². The Hall–Kier alpha value is -2.89. The first kappa shape index (κ1) is 18.4. The fourth-order valence-electron chi connectivity index (χ4n) is 2.33. The van der Waals surface area contributed by atoms with Gasteiger partial charge in [-0.25, -0.2) is 14.6 Å². The number of carbonyl (C=O) groups is 2. The van der Waals surface area contributed by atoms with Gasteiger partial charge in [0.05, 0.1) is 17.9 Å². The van der Waals surface area contributed by atoms with Crippen molar-refractivity contribution in [3.63, 3.8) is 0 Å². The molecule has 0 bridgehead atoms. The number of nitrogens with one attached hydrogen (secondary N) is 1. The number of hydrogen-bond acceptors (Lipinski definition) is 5. The minimum atomic E-state index is -1.21. The van der Waals surface area contributed by atoms with Crippen molar-refractivity contribution in [1.82, 2.24) is 4.98 Å². The second kappa shape index (κ2) is 7.34. The average molecular weight is 342 g/mol. The molecule has 1 aromatic heterocycles. The molecule has 0 unspecified atom stereocenters. The number of carboxylic acids is 1. The van der Waals surface area contributed by atoms with Crippen LogP contribution in [0.4, 0.5) is 5.82 Å². The number of ether oxygens (including phenoxy) is 1. The first-order chi connectivity index (χ1) is 11.7. The van der Waals surface area contributed by atoms with E-state index in [0.717, 1.165) is 5.56 Å². The SMILES string of the molecule is CCOC(=O)c1c(C(=O)O)cc(-c2ccccc2)nc1NC(C)(C)C. The second-order valence-electron chi connectivity index (χ2n) is 6.55. The average Bonchev–Trinajstić information content (AvgIpc) is 2.53. The summed E-state index contributed by atoms with van der Waals surface area (Å²) in [5.41, 5.74) is 0.609. The number of hydrogen-bond donors (Lipinski definition) is 2. The smallest absolute Gasteiger partial charge is 0.342 e. The molecule has 0 atom stereocenters. The summed E-state index contributed by atoms with van der Waals surface area (Å²) in [5, 5.41) is 12.7. The molecule has 2 rings (SSSR count). The molecule has 0 aliphatic heterocycles. The van der Waals surface area contributed by atoms with E-state index in [-0.39, 0.29) is 23.6 Å². The molecule has 0 fully saturated rings. The summed E-state index contributed by atoms with van der Waals surface area (Å²) < 4.78 is 5.04. The molecule has 6 heteroatoms. The van der Waals surface area contributed by atoms with Gasteiger partial charge in [-0.1, -0.05) is 30.3 Å². The maximum absolute atomic E-state index is 12.4. The van der Waals surface area contributed by atoms with Crippen LogP contribution >= 0.6 is 0 Å². The van der Waals surface area contributed by atoms with Crippen LogP contribution in [-0.4, -0.2) is 34.2 Å². The molecule has 1 heterocycles. The molecule has 0 aliphatic carbocycles. The lowest BCUT2D eigenvalue weighted by atomic mass is 10.0. The number of aromatic carboxylic acids is 1. The van der Waals surface area contributed by atoms with E-state index in [9.17, 15) is 14.7 Å². The van der Waals surface area contributed by atoms with Gasteiger partial charge in [-0.15, -0.1) is 0 Å². The second-order valence-corrected chi connectivity index (χ2v) is 6.55. The van der Waals surface area contributed by atoms with Crippen LogP contribution in [0, 0.1) is 0 Å². The van der Waals surface area contributed by atoms with Gasteiger partial charge in [0.1, 0.15) is 11.4 Å². The summed E-state index contributed by atoms with van der Waals surface area (Å²) >= 11 is 0. The third kappa shape index (κ3) is 4.56. The highest BCUT2D eigenvalue weighted by Crippen LogP contribution is 2.28. The zero-order chi connectivity index (χ0) is 18.6. The zero-order valence-electron chi connectivity index (χ0n) is 14.8. The zero-order valence-corrected chi connectivity index (χ0v) is 14.8. The largest absolute Gasteiger partial charge is 0.478 e. The number of carbonyl (C=O) groups excluding carboxylic acids is 1. The van der Waals surface area contributed by atoms with E-state index in [1.807, 2.05) is 51.1 Å². The number of rotatable bonds is 5. The Morgan fingerprint density at radius 3 is 2.36 bits per heavy atom. The van der Waals surface area contributed by atoms with Crippen molar-refractivity contribution < 1.29 is 19.4 Å². The Morgan fingerprint density at radius 1 is 1.20 bits per heavy atom. The Morgan fingerprint density at radius 2 is 1.84 bits per heavy atom. The van der Waals surface area contributed by atoms with Gasteiger partial charge in [0.15, 0.2) is 0 Å². The maximum atomic E-state index is 12.4. The van der Waals surface area contributed by atoms with Crippen LogP contribution in [0.3, 0.4) is 0 Å². The van der Waals surface area contributed by atoms with Crippen molar-refractivity contribution in [2.75, 3.05) is 11.9 Å². The van der Waals surface area contributed by atoms with E-state index < -0.39 is 17.5 Å². The first-order valence-corrected chi connectivity index (χ1v) is 8.02. The number of esters is 1. The summed E-state index contributed by atoms with van der Waals surface area (Å²) in [6.45, 7) is 7.52. The molecule has 0 radical (unpaired) electrons. The fourth-order valence-corrected chi connectivity index (χ4v) is 2.33. The van der Waals surface area contributed by atoms with Crippen molar-refractivity contribution in [3.8, 4) is 11.3 Å². The molecule has 0 aliphatic rings. The van der Waals surface area contributed by atoms with Crippen LogP contribution in [0.2, 0.25) is 0 Å². The van der Waals surface area contributed by atoms with Crippen LogP contribution in [0.15, 0.2) is 36.4 Å². The van der Waals surface area contributed by atoms with Crippen molar-refractivity contribution in [2.24, 2.45) is 0 Å². The van der Waals surface area contributed by atoms with Crippen LogP contribution < -0.4 is 5.32 Å². The first-order valence-electron chi connectivity index (χ1n) is 8.02. The highest BCUT2D eigenvalue weighted by molar-refractivity contribution is 6.06. The fraction of sp³-hybridized carbons (Fsp3) is 0.316. The van der Waals surface area contributed by atoms with E-state index in [1.54, 1.807) is 6.92 Å². The lowest BCUT2D eigenvalue weighted by Gasteiger charge is -2.24. The molecule has 0 saturated carbocycles. The van der Waals surface area contributed by atoms with Gasteiger partial charge in [-0.2, -0.15) is 0 Å². The Bertz CT molecular complexity index is 780. The number of pyridine rings is 1. The molecule has 0 spiro atoms. The third-order valence-corrected chi connectivity index (χ3v) is 3.29. The van der Waals surface area contributed by atoms with Gasteiger partial charge in [0.25, 0.3) is 0 Å². The lowest BCUT2D eigenvalue weighted by Crippen LogP contribution is -2.29. The minimum absolute atomic E-state index is 0.0658. The number of aromatic nitrogens is 1. The summed E-state index contributed by atoms with van der Waals surface area (Å²) in [4.78, 5) is 28.6. The van der Waals surface area contributed by atoms with E-state index in [2.05, 4.69) is 10.3 Å². The molecule has 2 N–H and O–H groups in total. The molecule has 25 heavy (non-hydrogen) atoms. The predicted molar refractivity (Wildman–Crippen MR) is 96.0 cm³/mol. The van der Waals surface area contributed by atoms with Crippen molar-refractivity contribution in [2.45, 2.75) is 33.2 Å². The standard InChI is InChI=1S/C19H22N2O4/c1-5-25-18(24)15-13(17(22)23)11-14(12-9-7-6-8-10-12)20-16(15)21-19(2,3)4/h6-11H,5H2,1-4H3,(H,20,21)(H,22,23). The van der Waals surface area contributed by atoms with Crippen LogP contribution in [0.25, 0.3) is 11.3 Å². The number of anilines is 1. The van der Waals surface area contributed by atoms with Crippen LogP contribution in [0.5, 0.6) is 0 Å². The highest BCUT2D eigenvalue weighted by atomic mass is 16.5. The van der Waals surface area contributed by atoms with Crippen LogP contribution in [0.1, 0.15) is 48.4 Å². The van der Waals surface area contributed by atoms with Gasteiger partial charge in [-0.05, 0) is 33.8 Å². The Labute approximate surface area is 146 Å². The molecule has 2 aromatic rings. The van der Waals surface area contributed by atoms with E-state index in [4.69, 9.17) is 4.74 Å². The normalized spacial score (nSPS) is 11.0. The summed E-state index contributed by atoms with van der Waals surface area (Å²) in [6.07, 6.45) is 0. The topological polar surface area (TPSA) is 88.5 Å². The van der Waals surface area contributed by atoms with E-state index in [0.29, 0.717) is 5.69 Å². The lowest BCUT2D eigenvalue weighted by molar-refractivity contribution is 0.0515. The highest BCUT2D eigenvalue weighted by Gasteiger charge is 2.27. The monoisotopic (exact) mass is 342 g/mol. The van der Waals surface area contributed by atoms with Gasteiger partial charge in [-0.3, -0.25) is 0 Å². The molecule has 0 amide bonds. The third-order valence-electron chi connectivity index (χ3n) is 3.29. The molecular weight excluding hydrogens is 320 g/mol. The van der Waals surface area contributed by atoms with E-state index >= 15 is 0 Å². The van der Waals surface area contributed by atoms with Gasteiger partial charge in [0, 0.05) is 11.1 Å².